The Bertz CT molecular complexity index is 940. The largest absolute Gasteiger partial charge is 0.494 e. The highest BCUT2D eigenvalue weighted by molar-refractivity contribution is 8.14. The van der Waals surface area contributed by atoms with Crippen molar-refractivity contribution < 1.29 is 18.7 Å². The van der Waals surface area contributed by atoms with E-state index in [-0.39, 0.29) is 23.3 Å². The third-order valence-corrected chi connectivity index (χ3v) is 5.83. The van der Waals surface area contributed by atoms with Crippen molar-refractivity contribution >= 4 is 61.1 Å². The van der Waals surface area contributed by atoms with E-state index in [0.717, 1.165) is 16.5 Å². The summed E-state index contributed by atoms with van der Waals surface area (Å²) >= 11 is 8.52. The number of amides is 1. The average Bonchev–Trinajstić information content (AvgIpc) is 3.28. The number of carbonyl (C=O) groups is 2. The molecule has 0 aliphatic carbocycles. The highest BCUT2D eigenvalue weighted by Crippen LogP contribution is 2.39. The molecular weight excluding hydrogens is 396 g/mol. The lowest BCUT2D eigenvalue weighted by Gasteiger charge is -2.18. The average molecular weight is 411 g/mol. The molecule has 0 fully saturated rings. The number of halogens is 1. The van der Waals surface area contributed by atoms with E-state index in [1.54, 1.807) is 37.6 Å². The molecule has 2 aromatic heterocycles. The number of methoxy groups -OCH3 is 1. The maximum absolute atomic E-state index is 12.7. The SMILES string of the molecule is COc1ccc(Cl)c2sc(N(Cc3ccco3)C(=O)CSC(C)=O)nc12. The number of ether oxygens (including phenoxy) is 1. The summed E-state index contributed by atoms with van der Waals surface area (Å²) in [5.74, 6) is 0.978. The minimum Gasteiger partial charge on any atom is -0.494 e. The Labute approximate surface area is 163 Å². The monoisotopic (exact) mass is 410 g/mol. The molecule has 0 aliphatic heterocycles. The topological polar surface area (TPSA) is 72.6 Å². The van der Waals surface area contributed by atoms with Crippen LogP contribution in [-0.4, -0.2) is 28.9 Å². The van der Waals surface area contributed by atoms with Crippen LogP contribution in [0.3, 0.4) is 0 Å². The summed E-state index contributed by atoms with van der Waals surface area (Å²) in [6.45, 7) is 1.64. The molecule has 0 spiro atoms. The number of aromatic nitrogens is 1. The first-order valence-corrected chi connectivity index (χ1v) is 9.76. The highest BCUT2D eigenvalue weighted by Gasteiger charge is 2.23. The van der Waals surface area contributed by atoms with E-state index in [4.69, 9.17) is 20.8 Å². The molecule has 2 heterocycles. The van der Waals surface area contributed by atoms with Crippen LogP contribution in [-0.2, 0) is 16.1 Å². The van der Waals surface area contributed by atoms with Crippen molar-refractivity contribution in [1.29, 1.82) is 0 Å². The maximum atomic E-state index is 12.7. The minimum atomic E-state index is -0.240. The molecule has 26 heavy (non-hydrogen) atoms. The third-order valence-electron chi connectivity index (χ3n) is 3.49. The Kier molecular flexibility index (Phi) is 5.85. The number of carbonyl (C=O) groups excluding carboxylic acids is 2. The van der Waals surface area contributed by atoms with E-state index in [0.29, 0.717) is 27.2 Å². The highest BCUT2D eigenvalue weighted by atomic mass is 35.5. The van der Waals surface area contributed by atoms with Crippen molar-refractivity contribution in [3.05, 3.63) is 41.3 Å². The van der Waals surface area contributed by atoms with Crippen LogP contribution in [0.15, 0.2) is 34.9 Å². The first-order chi connectivity index (χ1) is 12.5. The molecule has 3 rings (SSSR count). The van der Waals surface area contributed by atoms with Gasteiger partial charge >= 0.3 is 0 Å². The van der Waals surface area contributed by atoms with Crippen LogP contribution in [0, 0.1) is 0 Å². The summed E-state index contributed by atoms with van der Waals surface area (Å²) in [5.41, 5.74) is 0.594. The first-order valence-electron chi connectivity index (χ1n) is 7.58. The Balaban J connectivity index is 2.00. The van der Waals surface area contributed by atoms with Gasteiger partial charge in [0.25, 0.3) is 0 Å². The number of rotatable bonds is 6. The van der Waals surface area contributed by atoms with Gasteiger partial charge in [0.2, 0.25) is 5.91 Å². The van der Waals surface area contributed by atoms with Crippen LogP contribution in [0.2, 0.25) is 5.02 Å². The molecule has 0 radical (unpaired) electrons. The summed E-state index contributed by atoms with van der Waals surface area (Å²) < 4.78 is 11.4. The van der Waals surface area contributed by atoms with Gasteiger partial charge in [0, 0.05) is 6.92 Å². The van der Waals surface area contributed by atoms with Crippen molar-refractivity contribution in [2.24, 2.45) is 0 Å². The maximum Gasteiger partial charge on any atom is 0.239 e. The molecule has 0 aliphatic rings. The Morgan fingerprint density at radius 2 is 2.19 bits per heavy atom. The van der Waals surface area contributed by atoms with Gasteiger partial charge in [-0.15, -0.1) is 0 Å². The van der Waals surface area contributed by atoms with Crippen molar-refractivity contribution in [1.82, 2.24) is 4.98 Å². The first kappa shape index (κ1) is 18.8. The van der Waals surface area contributed by atoms with Crippen LogP contribution in [0.25, 0.3) is 10.2 Å². The fourth-order valence-electron chi connectivity index (χ4n) is 2.28. The van der Waals surface area contributed by atoms with E-state index < -0.39 is 0 Å². The number of anilines is 1. The summed E-state index contributed by atoms with van der Waals surface area (Å²) in [6, 6.07) is 6.99. The zero-order valence-electron chi connectivity index (χ0n) is 14.0. The Hall–Kier alpha value is -2.03. The van der Waals surface area contributed by atoms with Gasteiger partial charge in [0.05, 0.1) is 35.4 Å². The molecule has 136 valence electrons. The number of fused-ring (bicyclic) bond motifs is 1. The smallest absolute Gasteiger partial charge is 0.239 e. The lowest BCUT2D eigenvalue weighted by atomic mass is 10.3. The second kappa shape index (κ2) is 8.11. The quantitative estimate of drug-likeness (QED) is 0.601. The van der Waals surface area contributed by atoms with E-state index in [9.17, 15) is 9.59 Å². The van der Waals surface area contributed by atoms with Gasteiger partial charge in [-0.05, 0) is 24.3 Å². The van der Waals surface area contributed by atoms with Gasteiger partial charge < -0.3 is 9.15 Å². The number of nitrogens with zero attached hydrogens (tertiary/aromatic N) is 2. The van der Waals surface area contributed by atoms with E-state index in [1.807, 2.05) is 0 Å². The number of furan rings is 1. The fraction of sp³-hybridized carbons (Fsp3) is 0.235. The second-order valence-corrected chi connectivity index (χ2v) is 7.80. The van der Waals surface area contributed by atoms with Crippen LogP contribution >= 0.6 is 34.7 Å². The van der Waals surface area contributed by atoms with Gasteiger partial charge in [0.1, 0.15) is 17.0 Å². The molecule has 3 aromatic rings. The van der Waals surface area contributed by atoms with Crippen molar-refractivity contribution in [3.8, 4) is 5.75 Å². The molecule has 1 aromatic carbocycles. The molecule has 0 saturated heterocycles. The Morgan fingerprint density at radius 3 is 2.85 bits per heavy atom. The lowest BCUT2D eigenvalue weighted by Crippen LogP contribution is -2.32. The van der Waals surface area contributed by atoms with E-state index in [2.05, 4.69) is 4.98 Å². The predicted octanol–water partition coefficient (Wildman–Crippen LogP) is 4.36. The van der Waals surface area contributed by atoms with Crippen molar-refractivity contribution in [3.63, 3.8) is 0 Å². The molecule has 9 heteroatoms. The van der Waals surface area contributed by atoms with E-state index >= 15 is 0 Å². The molecule has 0 atom stereocenters. The number of benzene rings is 1. The molecule has 0 saturated carbocycles. The van der Waals surface area contributed by atoms with Crippen LogP contribution in [0.4, 0.5) is 5.13 Å². The van der Waals surface area contributed by atoms with Crippen LogP contribution in [0.1, 0.15) is 12.7 Å². The van der Waals surface area contributed by atoms with Crippen molar-refractivity contribution in [2.75, 3.05) is 17.8 Å². The van der Waals surface area contributed by atoms with Gasteiger partial charge in [-0.2, -0.15) is 0 Å². The van der Waals surface area contributed by atoms with Gasteiger partial charge in [-0.25, -0.2) is 4.98 Å². The number of hydrogen-bond donors (Lipinski definition) is 0. The summed E-state index contributed by atoms with van der Waals surface area (Å²) in [7, 11) is 1.55. The number of thiazole rings is 1. The van der Waals surface area contributed by atoms with Crippen LogP contribution < -0.4 is 9.64 Å². The van der Waals surface area contributed by atoms with Crippen molar-refractivity contribution in [2.45, 2.75) is 13.5 Å². The summed E-state index contributed by atoms with van der Waals surface area (Å²) in [5, 5.41) is 0.885. The molecule has 0 bridgehead atoms. The minimum absolute atomic E-state index is 0.0246. The fourth-order valence-corrected chi connectivity index (χ4v) is 4.04. The van der Waals surface area contributed by atoms with E-state index in [1.165, 1.54) is 23.2 Å². The molecule has 6 nitrogen and oxygen atoms in total. The number of hydrogen-bond acceptors (Lipinski definition) is 7. The van der Waals surface area contributed by atoms with Gasteiger partial charge in [-0.3, -0.25) is 14.5 Å². The summed E-state index contributed by atoms with van der Waals surface area (Å²) in [4.78, 5) is 30.0. The standard InChI is InChI=1S/C17H15ClN2O4S2/c1-10(21)25-9-14(22)20(8-11-4-3-7-24-11)17-19-15-13(23-2)6-5-12(18)16(15)26-17/h3-7H,8-9H2,1-2H3. The summed E-state index contributed by atoms with van der Waals surface area (Å²) in [6.07, 6.45) is 1.54. The Morgan fingerprint density at radius 1 is 1.38 bits per heavy atom. The molecular formula is C17H15ClN2O4S2. The van der Waals surface area contributed by atoms with Gasteiger partial charge in [-0.1, -0.05) is 34.7 Å². The third kappa shape index (κ3) is 4.03. The normalized spacial score (nSPS) is 10.9. The van der Waals surface area contributed by atoms with Crippen LogP contribution in [0.5, 0.6) is 5.75 Å². The van der Waals surface area contributed by atoms with Gasteiger partial charge in [0.15, 0.2) is 10.2 Å². The predicted molar refractivity (Wildman–Crippen MR) is 104 cm³/mol. The molecule has 0 N–H and O–H groups in total. The lowest BCUT2D eigenvalue weighted by molar-refractivity contribution is -0.116. The zero-order valence-corrected chi connectivity index (χ0v) is 16.4. The zero-order chi connectivity index (χ0) is 18.7. The number of thioether (sulfide) groups is 1. The molecule has 1 amide bonds. The second-order valence-electron chi connectivity index (χ2n) is 5.26. The molecule has 0 unspecified atom stereocenters.